The van der Waals surface area contributed by atoms with Crippen molar-refractivity contribution in [1.82, 2.24) is 14.8 Å². The van der Waals surface area contributed by atoms with Crippen LogP contribution >= 0.6 is 0 Å². The number of aromatic nitrogens is 1. The van der Waals surface area contributed by atoms with E-state index in [2.05, 4.69) is 4.98 Å². The minimum Gasteiger partial charge on any atom is -0.361 e. The Morgan fingerprint density at radius 2 is 2.03 bits per heavy atom. The van der Waals surface area contributed by atoms with Crippen LogP contribution in [0.1, 0.15) is 29.9 Å². The Balaban J connectivity index is 1.45. The van der Waals surface area contributed by atoms with Gasteiger partial charge in [0.15, 0.2) is 5.60 Å². The molecule has 0 N–H and O–H groups in total. The Bertz CT molecular complexity index is 948. The molecular weight excluding hydrogens is 385 g/mol. The molecule has 3 fully saturated rings. The summed E-state index contributed by atoms with van der Waals surface area (Å²) >= 11 is 0. The van der Waals surface area contributed by atoms with Crippen LogP contribution in [0.3, 0.4) is 0 Å². The van der Waals surface area contributed by atoms with Gasteiger partial charge in [-0.1, -0.05) is 18.2 Å². The molecule has 5 rings (SSSR count). The lowest BCUT2D eigenvalue weighted by Gasteiger charge is -2.42. The molecule has 2 saturated heterocycles. The van der Waals surface area contributed by atoms with Crippen molar-refractivity contribution in [2.45, 2.75) is 30.9 Å². The highest BCUT2D eigenvalue weighted by Crippen LogP contribution is 2.44. The number of likely N-dealkylation sites (tertiary alicyclic amines) is 1. The number of carbonyl (C=O) groups is 2. The first-order chi connectivity index (χ1) is 14.6. The van der Waals surface area contributed by atoms with Gasteiger partial charge in [0.25, 0.3) is 5.91 Å². The first kappa shape index (κ1) is 19.2. The molecule has 0 unspecified atom stereocenters. The van der Waals surface area contributed by atoms with Crippen molar-refractivity contribution >= 4 is 11.8 Å². The number of nitrogens with zero attached hydrogens (tertiary/aromatic N) is 3. The maximum Gasteiger partial charge on any atom is 0.257 e. The fraction of sp³-hybridized carbons (Fsp3) is 0.435. The number of benzene rings is 1. The van der Waals surface area contributed by atoms with Crippen LogP contribution in [0.15, 0.2) is 48.8 Å². The second-order valence-electron chi connectivity index (χ2n) is 8.42. The molecule has 1 aromatic heterocycles. The van der Waals surface area contributed by atoms with Crippen molar-refractivity contribution in [3.8, 4) is 0 Å². The molecule has 2 atom stereocenters. The van der Waals surface area contributed by atoms with E-state index in [1.807, 2.05) is 12.1 Å². The smallest absolute Gasteiger partial charge is 0.257 e. The molecule has 0 bridgehead atoms. The topological polar surface area (TPSA) is 62.7 Å². The van der Waals surface area contributed by atoms with E-state index in [0.717, 1.165) is 24.0 Å². The fourth-order valence-electron chi connectivity index (χ4n) is 4.63. The lowest BCUT2D eigenvalue weighted by molar-refractivity contribution is -0.173. The van der Waals surface area contributed by atoms with Crippen molar-refractivity contribution in [2.75, 3.05) is 26.2 Å². The number of amides is 2. The van der Waals surface area contributed by atoms with Crippen molar-refractivity contribution < 1.29 is 18.7 Å². The summed E-state index contributed by atoms with van der Waals surface area (Å²) in [6, 6.07) is 9.99. The van der Waals surface area contributed by atoms with E-state index in [4.69, 9.17) is 4.74 Å². The third kappa shape index (κ3) is 3.37. The molecule has 1 aliphatic carbocycles. The summed E-state index contributed by atoms with van der Waals surface area (Å²) < 4.78 is 19.5. The fourth-order valence-corrected chi connectivity index (χ4v) is 4.63. The minimum absolute atomic E-state index is 0.0868. The summed E-state index contributed by atoms with van der Waals surface area (Å²) in [6.07, 6.45) is 5.30. The summed E-state index contributed by atoms with van der Waals surface area (Å²) in [7, 11) is 0. The Morgan fingerprint density at radius 3 is 2.73 bits per heavy atom. The molecule has 0 radical (unpaired) electrons. The monoisotopic (exact) mass is 409 g/mol. The maximum absolute atomic E-state index is 13.7. The van der Waals surface area contributed by atoms with Crippen LogP contribution in [0.2, 0.25) is 0 Å². The Hall–Kier alpha value is -2.80. The molecule has 30 heavy (non-hydrogen) atoms. The second-order valence-corrected chi connectivity index (χ2v) is 8.42. The van der Waals surface area contributed by atoms with Gasteiger partial charge in [0.2, 0.25) is 5.91 Å². The van der Waals surface area contributed by atoms with Crippen LogP contribution in [0.4, 0.5) is 4.39 Å². The van der Waals surface area contributed by atoms with Crippen molar-refractivity contribution in [2.24, 2.45) is 5.92 Å². The van der Waals surface area contributed by atoms with Crippen molar-refractivity contribution in [1.29, 1.82) is 0 Å². The number of hydrogen-bond acceptors (Lipinski definition) is 4. The maximum atomic E-state index is 13.7. The predicted octanol–water partition coefficient (Wildman–Crippen LogP) is 2.35. The third-order valence-electron chi connectivity index (χ3n) is 6.37. The average Bonchev–Trinajstić information content (AvgIpc) is 3.55. The molecule has 1 aromatic carbocycles. The van der Waals surface area contributed by atoms with E-state index < -0.39 is 5.60 Å². The van der Waals surface area contributed by atoms with Gasteiger partial charge in [0.05, 0.1) is 13.2 Å². The van der Waals surface area contributed by atoms with E-state index in [0.29, 0.717) is 26.2 Å². The van der Waals surface area contributed by atoms with E-state index >= 15 is 0 Å². The Kier molecular flexibility index (Phi) is 4.77. The molecule has 2 aliphatic heterocycles. The molecular formula is C23H24FN3O3. The number of carbonyl (C=O) groups excluding carboxylic acids is 2. The number of rotatable bonds is 4. The zero-order chi connectivity index (χ0) is 20.7. The molecule has 2 aromatic rings. The highest BCUT2D eigenvalue weighted by molar-refractivity contribution is 5.90. The van der Waals surface area contributed by atoms with Gasteiger partial charge in [-0.25, -0.2) is 4.39 Å². The van der Waals surface area contributed by atoms with Crippen LogP contribution in [0.25, 0.3) is 0 Å². The molecule has 2 amide bonds. The van der Waals surface area contributed by atoms with Crippen molar-refractivity contribution in [3.63, 3.8) is 0 Å². The molecule has 3 heterocycles. The SMILES string of the molecule is O=C(C1CC1)N1C[C@H](c2cccnc2)[C@]2(C1)OCCN(Cc1ccc(F)cc1)C2=O. The van der Waals surface area contributed by atoms with Gasteiger partial charge in [-0.15, -0.1) is 0 Å². The van der Waals surface area contributed by atoms with Crippen LogP contribution < -0.4 is 0 Å². The summed E-state index contributed by atoms with van der Waals surface area (Å²) in [5.41, 5.74) is 0.662. The number of morpholine rings is 1. The van der Waals surface area contributed by atoms with Gasteiger partial charge >= 0.3 is 0 Å². The van der Waals surface area contributed by atoms with Gasteiger partial charge in [0.1, 0.15) is 5.82 Å². The molecule has 3 aliphatic rings. The lowest BCUT2D eigenvalue weighted by Crippen LogP contribution is -2.60. The van der Waals surface area contributed by atoms with Gasteiger partial charge < -0.3 is 14.5 Å². The number of halogens is 1. The largest absolute Gasteiger partial charge is 0.361 e. The highest BCUT2D eigenvalue weighted by Gasteiger charge is 2.58. The van der Waals surface area contributed by atoms with Gasteiger partial charge in [-0.2, -0.15) is 0 Å². The Labute approximate surface area is 174 Å². The van der Waals surface area contributed by atoms with E-state index in [-0.39, 0.29) is 36.0 Å². The molecule has 1 spiro atoms. The third-order valence-corrected chi connectivity index (χ3v) is 6.37. The average molecular weight is 409 g/mol. The lowest BCUT2D eigenvalue weighted by atomic mass is 9.83. The standard InChI is InChI=1S/C23H24FN3O3/c24-19-7-3-16(4-8-19)13-26-10-11-30-23(22(26)29)15-27(21(28)17-5-6-17)14-20(23)18-2-1-9-25-12-18/h1-4,7-9,12,17,20H,5-6,10-11,13-15H2/t20-,23+/m1/s1. The van der Waals surface area contributed by atoms with Gasteiger partial charge in [-0.05, 0) is 42.2 Å². The van der Waals surface area contributed by atoms with E-state index in [9.17, 15) is 14.0 Å². The number of ether oxygens (including phenoxy) is 1. The van der Waals surface area contributed by atoms with Crippen LogP contribution in [-0.2, 0) is 20.9 Å². The normalized spacial score (nSPS) is 26.4. The van der Waals surface area contributed by atoms with Gasteiger partial charge in [-0.3, -0.25) is 14.6 Å². The summed E-state index contributed by atoms with van der Waals surface area (Å²) in [5.74, 6) is -0.475. The van der Waals surface area contributed by atoms with Crippen LogP contribution in [0.5, 0.6) is 0 Å². The first-order valence-corrected chi connectivity index (χ1v) is 10.4. The van der Waals surface area contributed by atoms with Crippen LogP contribution in [0, 0.1) is 11.7 Å². The zero-order valence-corrected chi connectivity index (χ0v) is 16.7. The molecule has 7 heteroatoms. The number of hydrogen-bond donors (Lipinski definition) is 0. The van der Waals surface area contributed by atoms with Crippen molar-refractivity contribution in [3.05, 3.63) is 65.7 Å². The van der Waals surface area contributed by atoms with E-state index in [1.54, 1.807) is 34.3 Å². The van der Waals surface area contributed by atoms with E-state index in [1.165, 1.54) is 12.1 Å². The van der Waals surface area contributed by atoms with Crippen LogP contribution in [-0.4, -0.2) is 58.4 Å². The summed E-state index contributed by atoms with van der Waals surface area (Å²) in [6.45, 7) is 1.97. The second kappa shape index (κ2) is 7.47. The summed E-state index contributed by atoms with van der Waals surface area (Å²) in [4.78, 5) is 34.3. The quantitative estimate of drug-likeness (QED) is 0.778. The molecule has 1 saturated carbocycles. The Morgan fingerprint density at radius 1 is 1.23 bits per heavy atom. The zero-order valence-electron chi connectivity index (χ0n) is 16.7. The highest BCUT2D eigenvalue weighted by atomic mass is 19.1. The molecule has 6 nitrogen and oxygen atoms in total. The number of pyridine rings is 1. The molecule has 156 valence electrons. The first-order valence-electron chi connectivity index (χ1n) is 10.4. The van der Waals surface area contributed by atoms with Gasteiger partial charge in [0, 0.05) is 43.9 Å². The minimum atomic E-state index is -1.11. The predicted molar refractivity (Wildman–Crippen MR) is 107 cm³/mol. The summed E-state index contributed by atoms with van der Waals surface area (Å²) in [5, 5.41) is 0.